The van der Waals surface area contributed by atoms with Crippen LogP contribution >= 0.6 is 0 Å². The molecule has 1 aromatic rings. The highest BCUT2D eigenvalue weighted by molar-refractivity contribution is 5.33. The van der Waals surface area contributed by atoms with Crippen molar-refractivity contribution in [1.29, 1.82) is 0 Å². The fourth-order valence-electron chi connectivity index (χ4n) is 3.76. The molecule has 1 fully saturated rings. The van der Waals surface area contributed by atoms with Crippen LogP contribution in [0, 0.1) is 5.92 Å². The summed E-state index contributed by atoms with van der Waals surface area (Å²) in [6.07, 6.45) is -1.48. The first-order chi connectivity index (χ1) is 9.97. The molecule has 0 radical (unpaired) electrons. The normalized spacial score (nSPS) is 31.0. The van der Waals surface area contributed by atoms with Crippen LogP contribution < -0.4 is 5.73 Å². The number of halogens is 3. The van der Waals surface area contributed by atoms with Crippen LogP contribution in [0.5, 0.6) is 0 Å². The van der Waals surface area contributed by atoms with Gasteiger partial charge in [0.2, 0.25) is 0 Å². The van der Waals surface area contributed by atoms with Gasteiger partial charge in [0.25, 0.3) is 0 Å². The lowest BCUT2D eigenvalue weighted by molar-refractivity contribution is -0.189. The second-order valence-electron chi connectivity index (χ2n) is 6.21. The number of hydrogen-bond donors (Lipinski definition) is 1. The van der Waals surface area contributed by atoms with Gasteiger partial charge in [-0.05, 0) is 43.4 Å². The topological polar surface area (TPSA) is 29.3 Å². The Kier molecular flexibility index (Phi) is 3.97. The summed E-state index contributed by atoms with van der Waals surface area (Å²) in [6, 6.07) is 7.88. The van der Waals surface area contributed by atoms with E-state index < -0.39 is 12.1 Å². The van der Waals surface area contributed by atoms with E-state index in [4.69, 9.17) is 5.73 Å². The van der Waals surface area contributed by atoms with Gasteiger partial charge in [-0.2, -0.15) is 13.2 Å². The molecule has 5 heteroatoms. The third kappa shape index (κ3) is 2.94. The number of nitrogens with zero attached hydrogens (tertiary/aromatic N) is 1. The summed E-state index contributed by atoms with van der Waals surface area (Å²) in [4.78, 5) is 1.97. The lowest BCUT2D eigenvalue weighted by atomic mass is 9.82. The van der Waals surface area contributed by atoms with Crippen molar-refractivity contribution < 1.29 is 13.2 Å². The minimum atomic E-state index is -4.09. The number of aryl methyl sites for hydroxylation is 1. The molecule has 116 valence electrons. The van der Waals surface area contributed by atoms with E-state index in [1.54, 1.807) is 0 Å². The zero-order valence-electron chi connectivity index (χ0n) is 11.9. The number of hydrogen-bond acceptors (Lipinski definition) is 2. The highest BCUT2D eigenvalue weighted by Crippen LogP contribution is 2.37. The van der Waals surface area contributed by atoms with Gasteiger partial charge in [-0.15, -0.1) is 0 Å². The smallest absolute Gasteiger partial charge is 0.323 e. The summed E-state index contributed by atoms with van der Waals surface area (Å²) in [5.41, 5.74) is 8.69. The van der Waals surface area contributed by atoms with E-state index in [0.717, 1.165) is 24.9 Å². The highest BCUT2D eigenvalue weighted by atomic mass is 19.4. The van der Waals surface area contributed by atoms with Crippen molar-refractivity contribution in [2.75, 3.05) is 13.1 Å². The molecule has 3 unspecified atom stereocenters. The molecule has 1 aromatic carbocycles. The molecule has 1 aliphatic carbocycles. The summed E-state index contributed by atoms with van der Waals surface area (Å²) in [7, 11) is 0. The third-order valence-electron chi connectivity index (χ3n) is 4.92. The molecule has 0 aromatic heterocycles. The number of rotatable bonds is 1. The van der Waals surface area contributed by atoms with Crippen LogP contribution in [-0.4, -0.2) is 30.2 Å². The third-order valence-corrected chi connectivity index (χ3v) is 4.92. The van der Waals surface area contributed by atoms with E-state index in [1.165, 1.54) is 5.56 Å². The Balaban J connectivity index is 1.76. The average Bonchev–Trinajstić information content (AvgIpc) is 2.47. The molecule has 2 aliphatic rings. The Bertz CT molecular complexity index is 501. The molecule has 3 atom stereocenters. The van der Waals surface area contributed by atoms with Crippen molar-refractivity contribution >= 4 is 0 Å². The molecule has 0 bridgehead atoms. The van der Waals surface area contributed by atoms with Crippen molar-refractivity contribution in [3.05, 3.63) is 35.4 Å². The van der Waals surface area contributed by atoms with Crippen molar-refractivity contribution in [3.8, 4) is 0 Å². The zero-order valence-corrected chi connectivity index (χ0v) is 11.9. The number of benzene rings is 1. The number of alkyl halides is 3. The molecule has 1 aliphatic heterocycles. The Labute approximate surface area is 123 Å². The predicted octanol–water partition coefficient (Wildman–Crippen LogP) is 3.28. The first-order valence-corrected chi connectivity index (χ1v) is 7.61. The highest BCUT2D eigenvalue weighted by Gasteiger charge is 2.44. The van der Waals surface area contributed by atoms with Crippen LogP contribution in [0.3, 0.4) is 0 Å². The minimum absolute atomic E-state index is 0.0325. The first kappa shape index (κ1) is 14.9. The van der Waals surface area contributed by atoms with Crippen LogP contribution in [0.1, 0.15) is 36.4 Å². The second-order valence-corrected chi connectivity index (χ2v) is 6.21. The Morgan fingerprint density at radius 2 is 1.90 bits per heavy atom. The summed E-state index contributed by atoms with van der Waals surface area (Å²) in [5, 5.41) is 0. The standard InChI is InChI=1S/C16H21F3N2/c17-16(18,19)12-5-3-9-21(10-12)14-8-7-11-4-1-2-6-13(11)15(14)20/h1-2,4,6,12,14-15H,3,5,7-10,20H2. The number of piperidine rings is 1. The maximum Gasteiger partial charge on any atom is 0.393 e. The zero-order chi connectivity index (χ0) is 15.0. The summed E-state index contributed by atoms with van der Waals surface area (Å²) >= 11 is 0. The Hall–Kier alpha value is -1.07. The lowest BCUT2D eigenvalue weighted by Crippen LogP contribution is -2.51. The average molecular weight is 298 g/mol. The van der Waals surface area contributed by atoms with Gasteiger partial charge >= 0.3 is 6.18 Å². The maximum absolute atomic E-state index is 13.0. The van der Waals surface area contributed by atoms with E-state index >= 15 is 0 Å². The van der Waals surface area contributed by atoms with E-state index in [1.807, 2.05) is 23.1 Å². The van der Waals surface area contributed by atoms with Crippen molar-refractivity contribution in [1.82, 2.24) is 4.90 Å². The van der Waals surface area contributed by atoms with Gasteiger partial charge in [0.1, 0.15) is 0 Å². The number of nitrogens with two attached hydrogens (primary N) is 1. The molecule has 2 nitrogen and oxygen atoms in total. The fraction of sp³-hybridized carbons (Fsp3) is 0.625. The number of likely N-dealkylation sites (tertiary alicyclic amines) is 1. The molecular formula is C16H21F3N2. The summed E-state index contributed by atoms with van der Waals surface area (Å²) < 4.78 is 38.9. The van der Waals surface area contributed by atoms with E-state index in [-0.39, 0.29) is 25.0 Å². The Morgan fingerprint density at radius 3 is 2.67 bits per heavy atom. The van der Waals surface area contributed by atoms with Gasteiger partial charge in [-0.25, -0.2) is 0 Å². The van der Waals surface area contributed by atoms with Crippen molar-refractivity contribution in [2.45, 2.75) is 43.9 Å². The molecule has 21 heavy (non-hydrogen) atoms. The van der Waals surface area contributed by atoms with Gasteiger partial charge in [-0.1, -0.05) is 24.3 Å². The van der Waals surface area contributed by atoms with Crippen LogP contribution in [0.2, 0.25) is 0 Å². The van der Waals surface area contributed by atoms with Gasteiger partial charge < -0.3 is 5.73 Å². The Morgan fingerprint density at radius 1 is 1.14 bits per heavy atom. The molecule has 0 amide bonds. The molecular weight excluding hydrogens is 277 g/mol. The van der Waals surface area contributed by atoms with E-state index in [9.17, 15) is 13.2 Å². The van der Waals surface area contributed by atoms with Crippen LogP contribution in [0.15, 0.2) is 24.3 Å². The van der Waals surface area contributed by atoms with Crippen LogP contribution in [0.4, 0.5) is 13.2 Å². The fourth-order valence-corrected chi connectivity index (χ4v) is 3.76. The van der Waals surface area contributed by atoms with Crippen LogP contribution in [0.25, 0.3) is 0 Å². The molecule has 2 N–H and O–H groups in total. The molecule has 0 saturated carbocycles. The summed E-state index contributed by atoms with van der Waals surface area (Å²) in [6.45, 7) is 0.831. The van der Waals surface area contributed by atoms with Crippen LogP contribution in [-0.2, 0) is 6.42 Å². The lowest BCUT2D eigenvalue weighted by Gasteiger charge is -2.43. The molecule has 1 saturated heterocycles. The minimum Gasteiger partial charge on any atom is -0.323 e. The van der Waals surface area contributed by atoms with E-state index in [2.05, 4.69) is 6.07 Å². The monoisotopic (exact) mass is 298 g/mol. The van der Waals surface area contributed by atoms with Gasteiger partial charge in [0, 0.05) is 18.6 Å². The SMILES string of the molecule is NC1c2ccccc2CCC1N1CCCC(C(F)(F)F)C1. The van der Waals surface area contributed by atoms with Gasteiger partial charge in [0.15, 0.2) is 0 Å². The largest absolute Gasteiger partial charge is 0.393 e. The van der Waals surface area contributed by atoms with Crippen molar-refractivity contribution in [3.63, 3.8) is 0 Å². The quantitative estimate of drug-likeness (QED) is 0.862. The van der Waals surface area contributed by atoms with E-state index in [0.29, 0.717) is 6.42 Å². The first-order valence-electron chi connectivity index (χ1n) is 7.61. The molecule has 3 rings (SSSR count). The predicted molar refractivity (Wildman–Crippen MR) is 75.8 cm³/mol. The molecule has 1 heterocycles. The summed E-state index contributed by atoms with van der Waals surface area (Å²) in [5.74, 6) is -1.20. The number of fused-ring (bicyclic) bond motifs is 1. The van der Waals surface area contributed by atoms with Gasteiger partial charge in [-0.3, -0.25) is 4.90 Å². The van der Waals surface area contributed by atoms with Gasteiger partial charge in [0.05, 0.1) is 5.92 Å². The second kappa shape index (κ2) is 5.61. The van der Waals surface area contributed by atoms with Crippen molar-refractivity contribution in [2.24, 2.45) is 11.7 Å². The molecule has 0 spiro atoms. The maximum atomic E-state index is 13.0.